The van der Waals surface area contributed by atoms with E-state index in [4.69, 9.17) is 10.8 Å². The Morgan fingerprint density at radius 2 is 1.81 bits per heavy atom. The maximum Gasteiger partial charge on any atom is 0.326 e. The van der Waals surface area contributed by atoms with Crippen LogP contribution in [0.15, 0.2) is 42.9 Å². The highest BCUT2D eigenvalue weighted by Crippen LogP contribution is 2.19. The topological polar surface area (TPSA) is 208 Å². The molecule has 37 heavy (non-hydrogen) atoms. The van der Waals surface area contributed by atoms with Gasteiger partial charge in [-0.1, -0.05) is 30.3 Å². The van der Waals surface area contributed by atoms with Crippen LogP contribution in [0.3, 0.4) is 0 Å². The lowest BCUT2D eigenvalue weighted by molar-refractivity contribution is -0.147. The Hall–Kier alpha value is -4.26. The molecule has 3 amide bonds. The van der Waals surface area contributed by atoms with Crippen LogP contribution in [0, 0.1) is 0 Å². The van der Waals surface area contributed by atoms with Crippen molar-refractivity contribution in [3.05, 3.63) is 54.1 Å². The van der Waals surface area contributed by atoms with Crippen molar-refractivity contribution in [3.63, 3.8) is 0 Å². The molecule has 2 aromatic rings. The van der Waals surface area contributed by atoms with Gasteiger partial charge in [0.25, 0.3) is 0 Å². The van der Waals surface area contributed by atoms with Crippen molar-refractivity contribution in [2.45, 2.75) is 56.3 Å². The number of likely N-dealkylation sites (tertiary alicyclic amines) is 1. The molecule has 7 N–H and O–H groups in total. The number of carbonyl (C=O) groups excluding carboxylic acids is 3. The first-order valence-electron chi connectivity index (χ1n) is 11.8. The summed E-state index contributed by atoms with van der Waals surface area (Å²) in [4.78, 5) is 69.7. The predicted molar refractivity (Wildman–Crippen MR) is 129 cm³/mol. The fourth-order valence-electron chi connectivity index (χ4n) is 4.21. The van der Waals surface area contributed by atoms with Gasteiger partial charge in [-0.3, -0.25) is 19.2 Å². The summed E-state index contributed by atoms with van der Waals surface area (Å²) in [7, 11) is 0. The normalized spacial score (nSPS) is 17.4. The highest BCUT2D eigenvalue weighted by atomic mass is 16.4. The SMILES string of the molecule is NC(Cc1ccccc1)C(=O)N1CCCC1C(=O)NC(Cc1cnc[nH]1)C(=O)NC(CC(=O)O)C(=O)O. The van der Waals surface area contributed by atoms with Gasteiger partial charge in [0.15, 0.2) is 0 Å². The largest absolute Gasteiger partial charge is 0.481 e. The van der Waals surface area contributed by atoms with Gasteiger partial charge in [0.1, 0.15) is 18.1 Å². The molecule has 1 aliphatic rings. The van der Waals surface area contributed by atoms with Gasteiger partial charge in [-0.05, 0) is 24.8 Å². The third-order valence-electron chi connectivity index (χ3n) is 6.06. The quantitative estimate of drug-likeness (QED) is 0.206. The Morgan fingerprint density at radius 1 is 1.08 bits per heavy atom. The molecular formula is C24H30N6O7. The lowest BCUT2D eigenvalue weighted by Crippen LogP contribution is -2.57. The van der Waals surface area contributed by atoms with E-state index in [1.54, 1.807) is 0 Å². The van der Waals surface area contributed by atoms with Gasteiger partial charge in [-0.2, -0.15) is 0 Å². The van der Waals surface area contributed by atoms with Gasteiger partial charge in [-0.25, -0.2) is 9.78 Å². The fraction of sp³-hybridized carbons (Fsp3) is 0.417. The summed E-state index contributed by atoms with van der Waals surface area (Å²) in [5.74, 6) is -4.80. The monoisotopic (exact) mass is 514 g/mol. The zero-order chi connectivity index (χ0) is 26.9. The van der Waals surface area contributed by atoms with Gasteiger partial charge >= 0.3 is 11.9 Å². The van der Waals surface area contributed by atoms with Crippen LogP contribution in [0.25, 0.3) is 0 Å². The molecule has 4 atom stereocenters. The number of hydrogen-bond donors (Lipinski definition) is 6. The van der Waals surface area contributed by atoms with E-state index in [1.807, 2.05) is 30.3 Å². The molecule has 13 heteroatoms. The average Bonchev–Trinajstić information content (AvgIpc) is 3.55. The van der Waals surface area contributed by atoms with Gasteiger partial charge in [-0.15, -0.1) is 0 Å². The van der Waals surface area contributed by atoms with E-state index in [-0.39, 0.29) is 12.3 Å². The standard InChI is InChI=1S/C24H30N6O7/c25-16(9-14-5-2-1-3-6-14)23(35)30-8-4-7-19(30)22(34)28-17(10-15-12-26-13-27-15)21(33)29-18(24(36)37)11-20(31)32/h1-3,5-6,12-13,16-19H,4,7-11,25H2,(H,26,27)(H,28,34)(H,29,33)(H,31,32)(H,36,37). The van der Waals surface area contributed by atoms with Crippen LogP contribution in [0.4, 0.5) is 0 Å². The van der Waals surface area contributed by atoms with Crippen LogP contribution in [-0.4, -0.2) is 85.5 Å². The molecule has 1 saturated heterocycles. The van der Waals surface area contributed by atoms with Crippen molar-refractivity contribution in [2.75, 3.05) is 6.54 Å². The summed E-state index contributed by atoms with van der Waals surface area (Å²) in [5, 5.41) is 23.0. The van der Waals surface area contributed by atoms with Crippen molar-refractivity contribution >= 4 is 29.7 Å². The molecule has 0 bridgehead atoms. The number of amides is 3. The average molecular weight is 515 g/mol. The maximum atomic E-state index is 13.2. The molecule has 2 heterocycles. The molecule has 4 unspecified atom stereocenters. The lowest BCUT2D eigenvalue weighted by Gasteiger charge is -2.28. The van der Waals surface area contributed by atoms with Crippen molar-refractivity contribution in [1.82, 2.24) is 25.5 Å². The first-order valence-corrected chi connectivity index (χ1v) is 11.8. The number of aromatic nitrogens is 2. The zero-order valence-electron chi connectivity index (χ0n) is 20.0. The fourth-order valence-corrected chi connectivity index (χ4v) is 4.21. The van der Waals surface area contributed by atoms with Crippen molar-refractivity contribution in [2.24, 2.45) is 5.73 Å². The third kappa shape index (κ3) is 7.61. The number of hydrogen-bond acceptors (Lipinski definition) is 7. The van der Waals surface area contributed by atoms with Crippen LogP contribution in [0.5, 0.6) is 0 Å². The molecule has 3 rings (SSSR count). The number of carbonyl (C=O) groups is 5. The van der Waals surface area contributed by atoms with Gasteiger partial charge in [0, 0.05) is 24.9 Å². The van der Waals surface area contributed by atoms with Crippen LogP contribution in [0.2, 0.25) is 0 Å². The highest BCUT2D eigenvalue weighted by Gasteiger charge is 2.38. The second-order valence-corrected chi connectivity index (χ2v) is 8.83. The van der Waals surface area contributed by atoms with Crippen LogP contribution >= 0.6 is 0 Å². The van der Waals surface area contributed by atoms with Crippen molar-refractivity contribution < 1.29 is 34.2 Å². The number of H-pyrrole nitrogens is 1. The summed E-state index contributed by atoms with van der Waals surface area (Å²) in [6.07, 6.45) is 3.15. The molecule has 1 aromatic heterocycles. The van der Waals surface area contributed by atoms with E-state index >= 15 is 0 Å². The highest BCUT2D eigenvalue weighted by molar-refractivity contribution is 5.95. The molecule has 0 spiro atoms. The van der Waals surface area contributed by atoms with E-state index in [1.165, 1.54) is 17.4 Å². The number of carboxylic acid groups (broad SMARTS) is 2. The van der Waals surface area contributed by atoms with Gasteiger partial charge in [0.2, 0.25) is 17.7 Å². The first-order chi connectivity index (χ1) is 17.7. The number of rotatable bonds is 12. The third-order valence-corrected chi connectivity index (χ3v) is 6.06. The molecule has 0 aliphatic carbocycles. The number of imidazole rings is 1. The Bertz CT molecular complexity index is 1110. The zero-order valence-corrected chi connectivity index (χ0v) is 20.0. The Morgan fingerprint density at radius 3 is 2.43 bits per heavy atom. The maximum absolute atomic E-state index is 13.2. The molecule has 0 radical (unpaired) electrons. The molecule has 0 saturated carbocycles. The van der Waals surface area contributed by atoms with Crippen molar-refractivity contribution in [1.29, 1.82) is 0 Å². The number of nitrogens with two attached hydrogens (primary N) is 1. The minimum absolute atomic E-state index is 0.0643. The molecule has 13 nitrogen and oxygen atoms in total. The Labute approximate surface area is 212 Å². The number of aromatic amines is 1. The van der Waals surface area contributed by atoms with E-state index in [9.17, 15) is 29.1 Å². The molecular weight excluding hydrogens is 484 g/mol. The molecule has 1 aromatic carbocycles. The summed E-state index contributed by atoms with van der Waals surface area (Å²) in [5.41, 5.74) is 7.52. The number of carboxylic acids is 2. The van der Waals surface area contributed by atoms with Crippen LogP contribution in [-0.2, 0) is 36.8 Å². The second-order valence-electron chi connectivity index (χ2n) is 8.83. The smallest absolute Gasteiger partial charge is 0.326 e. The number of aliphatic carboxylic acids is 2. The van der Waals surface area contributed by atoms with Crippen molar-refractivity contribution in [3.8, 4) is 0 Å². The van der Waals surface area contributed by atoms with Gasteiger partial charge in [0.05, 0.1) is 18.8 Å². The minimum atomic E-state index is -1.69. The summed E-state index contributed by atoms with van der Waals surface area (Å²) >= 11 is 0. The summed E-state index contributed by atoms with van der Waals surface area (Å²) in [6.45, 7) is 0.330. The second kappa shape index (κ2) is 12.6. The predicted octanol–water partition coefficient (Wildman–Crippen LogP) is -0.958. The van der Waals surface area contributed by atoms with E-state index in [2.05, 4.69) is 20.6 Å². The molecule has 198 valence electrons. The van der Waals surface area contributed by atoms with E-state index in [0.29, 0.717) is 31.5 Å². The Kier molecular flexibility index (Phi) is 9.33. The first kappa shape index (κ1) is 27.3. The van der Waals surface area contributed by atoms with Gasteiger partial charge < -0.3 is 36.5 Å². The van der Waals surface area contributed by atoms with Crippen LogP contribution < -0.4 is 16.4 Å². The number of nitrogens with zero attached hydrogens (tertiary/aromatic N) is 2. The lowest BCUT2D eigenvalue weighted by atomic mass is 10.0. The summed E-state index contributed by atoms with van der Waals surface area (Å²) in [6, 6.07) is 4.60. The summed E-state index contributed by atoms with van der Waals surface area (Å²) < 4.78 is 0. The Balaban J connectivity index is 1.71. The van der Waals surface area contributed by atoms with E-state index < -0.39 is 54.3 Å². The van der Waals surface area contributed by atoms with E-state index in [0.717, 1.165) is 5.56 Å². The molecule has 1 fully saturated rings. The molecule has 1 aliphatic heterocycles. The minimum Gasteiger partial charge on any atom is -0.481 e. The number of nitrogens with one attached hydrogen (secondary N) is 3. The van der Waals surface area contributed by atoms with Crippen LogP contribution in [0.1, 0.15) is 30.5 Å². The number of benzene rings is 1.